The number of likely N-dealkylation sites (tertiary alicyclic amines) is 1. The molecule has 1 aliphatic heterocycles. The van der Waals surface area contributed by atoms with Crippen LogP contribution in [-0.4, -0.2) is 43.0 Å². The van der Waals surface area contributed by atoms with Gasteiger partial charge in [0.05, 0.1) is 7.11 Å². The van der Waals surface area contributed by atoms with Crippen LogP contribution in [-0.2, 0) is 17.9 Å². The van der Waals surface area contributed by atoms with Crippen LogP contribution in [0.5, 0.6) is 5.75 Å². The first kappa shape index (κ1) is 20.6. The summed E-state index contributed by atoms with van der Waals surface area (Å²) < 4.78 is 19.4. The highest BCUT2D eigenvalue weighted by Gasteiger charge is 2.27. The molecule has 0 aliphatic carbocycles. The van der Waals surface area contributed by atoms with Gasteiger partial charge in [-0.2, -0.15) is 0 Å². The van der Waals surface area contributed by atoms with Crippen LogP contribution < -0.4 is 4.74 Å². The van der Waals surface area contributed by atoms with E-state index in [9.17, 15) is 9.18 Å². The molecule has 1 aliphatic rings. The fourth-order valence-electron chi connectivity index (χ4n) is 3.71. The molecule has 1 fully saturated rings. The summed E-state index contributed by atoms with van der Waals surface area (Å²) >= 11 is 5.82. The number of amides is 1. The van der Waals surface area contributed by atoms with Crippen molar-refractivity contribution in [2.75, 3.05) is 27.2 Å². The fraction of sp³-hybridized carbons (Fsp3) is 0.409. The average Bonchev–Trinajstić information content (AvgIpc) is 2.70. The number of nitrogens with zero attached hydrogens (tertiary/aromatic N) is 2. The molecule has 0 atom stereocenters. The molecule has 0 aromatic heterocycles. The molecule has 0 radical (unpaired) electrons. The summed E-state index contributed by atoms with van der Waals surface area (Å²) in [6, 6.07) is 12.5. The Balaban J connectivity index is 1.53. The maximum absolute atomic E-state index is 14.0. The number of ether oxygens (including phenoxy) is 1. The van der Waals surface area contributed by atoms with E-state index in [1.165, 1.54) is 6.07 Å². The minimum Gasteiger partial charge on any atom is -0.496 e. The van der Waals surface area contributed by atoms with Crippen molar-refractivity contribution in [3.8, 4) is 5.75 Å². The van der Waals surface area contributed by atoms with Crippen molar-refractivity contribution in [2.24, 2.45) is 5.92 Å². The van der Waals surface area contributed by atoms with E-state index in [0.29, 0.717) is 23.7 Å². The molecule has 6 heteroatoms. The SMILES string of the molecule is COc1ccccc1CN(C)C(=O)C1CCN(Cc2ccc(Cl)cc2F)CC1. The first-order chi connectivity index (χ1) is 13.5. The number of rotatable bonds is 6. The van der Waals surface area contributed by atoms with Gasteiger partial charge in [0.15, 0.2) is 0 Å². The minimum absolute atomic E-state index is 0.00558. The Bertz CT molecular complexity index is 822. The van der Waals surface area contributed by atoms with Crippen molar-refractivity contribution in [3.05, 3.63) is 64.4 Å². The smallest absolute Gasteiger partial charge is 0.225 e. The van der Waals surface area contributed by atoms with Gasteiger partial charge in [-0.05, 0) is 44.1 Å². The summed E-state index contributed by atoms with van der Waals surface area (Å²) in [7, 11) is 3.48. The quantitative estimate of drug-likeness (QED) is 0.717. The zero-order valence-electron chi connectivity index (χ0n) is 16.3. The lowest BCUT2D eigenvalue weighted by molar-refractivity contribution is -0.136. The predicted octanol–water partition coefficient (Wildman–Crippen LogP) is 4.36. The van der Waals surface area contributed by atoms with E-state index >= 15 is 0 Å². The Morgan fingerprint density at radius 2 is 1.93 bits per heavy atom. The third kappa shape index (κ3) is 5.03. The molecule has 1 heterocycles. The van der Waals surface area contributed by atoms with E-state index in [1.54, 1.807) is 24.1 Å². The lowest BCUT2D eigenvalue weighted by Crippen LogP contribution is -2.40. The van der Waals surface area contributed by atoms with Gasteiger partial charge in [0.25, 0.3) is 0 Å². The third-order valence-corrected chi connectivity index (χ3v) is 5.56. The first-order valence-corrected chi connectivity index (χ1v) is 9.89. The number of hydrogen-bond donors (Lipinski definition) is 0. The molecule has 0 unspecified atom stereocenters. The van der Waals surface area contributed by atoms with Gasteiger partial charge >= 0.3 is 0 Å². The van der Waals surface area contributed by atoms with Crippen LogP contribution in [0.25, 0.3) is 0 Å². The van der Waals surface area contributed by atoms with Gasteiger partial charge < -0.3 is 9.64 Å². The minimum atomic E-state index is -0.276. The van der Waals surface area contributed by atoms with Crippen LogP contribution in [0.15, 0.2) is 42.5 Å². The maximum atomic E-state index is 14.0. The Hall–Kier alpha value is -2.11. The van der Waals surface area contributed by atoms with Crippen molar-refractivity contribution in [2.45, 2.75) is 25.9 Å². The predicted molar refractivity (Wildman–Crippen MR) is 109 cm³/mol. The van der Waals surface area contributed by atoms with Crippen LogP contribution in [0.1, 0.15) is 24.0 Å². The van der Waals surface area contributed by atoms with Crippen LogP contribution in [0.3, 0.4) is 0 Å². The summed E-state index contributed by atoms with van der Waals surface area (Å²) in [5, 5.41) is 0.406. The van der Waals surface area contributed by atoms with Gasteiger partial charge in [0, 0.05) is 42.2 Å². The second-order valence-corrected chi connectivity index (χ2v) is 7.73. The molecule has 2 aromatic rings. The van der Waals surface area contributed by atoms with Gasteiger partial charge in [0.2, 0.25) is 5.91 Å². The number of halogens is 2. The molecule has 0 bridgehead atoms. The lowest BCUT2D eigenvalue weighted by Gasteiger charge is -2.33. The first-order valence-electron chi connectivity index (χ1n) is 9.51. The second kappa shape index (κ2) is 9.39. The van der Waals surface area contributed by atoms with Crippen LogP contribution in [0.4, 0.5) is 4.39 Å². The highest BCUT2D eigenvalue weighted by Crippen LogP contribution is 2.24. The van der Waals surface area contributed by atoms with Crippen molar-refractivity contribution in [1.29, 1.82) is 0 Å². The Morgan fingerprint density at radius 1 is 1.21 bits per heavy atom. The lowest BCUT2D eigenvalue weighted by atomic mass is 9.95. The summed E-state index contributed by atoms with van der Waals surface area (Å²) in [5.74, 6) is 0.679. The van der Waals surface area contributed by atoms with E-state index in [4.69, 9.17) is 16.3 Å². The Labute approximate surface area is 170 Å². The van der Waals surface area contributed by atoms with Crippen molar-refractivity contribution < 1.29 is 13.9 Å². The molecule has 3 rings (SSSR count). The Morgan fingerprint density at radius 3 is 2.61 bits per heavy atom. The summed E-state index contributed by atoms with van der Waals surface area (Å²) in [4.78, 5) is 16.8. The standard InChI is InChI=1S/C22H26ClFN2O2/c1-25(14-18-5-3-4-6-21(18)28-2)22(27)16-9-11-26(12-10-16)15-17-7-8-19(23)13-20(17)24/h3-8,13,16H,9-12,14-15H2,1-2H3. The van der Waals surface area contributed by atoms with Gasteiger partial charge in [-0.3, -0.25) is 9.69 Å². The third-order valence-electron chi connectivity index (χ3n) is 5.32. The molecular formula is C22H26ClFN2O2. The highest BCUT2D eigenvalue weighted by molar-refractivity contribution is 6.30. The molecule has 0 saturated carbocycles. The van der Waals surface area contributed by atoms with Crippen molar-refractivity contribution in [3.63, 3.8) is 0 Å². The van der Waals surface area contributed by atoms with E-state index in [0.717, 1.165) is 37.2 Å². The number of piperidine rings is 1. The largest absolute Gasteiger partial charge is 0.496 e. The second-order valence-electron chi connectivity index (χ2n) is 7.29. The number of carbonyl (C=O) groups excluding carboxylic acids is 1. The number of hydrogen-bond acceptors (Lipinski definition) is 3. The Kier molecular flexibility index (Phi) is 6.92. The maximum Gasteiger partial charge on any atom is 0.225 e. The van der Waals surface area contributed by atoms with Crippen LogP contribution >= 0.6 is 11.6 Å². The molecule has 1 saturated heterocycles. The summed E-state index contributed by atoms with van der Waals surface area (Å²) in [6.45, 7) is 2.63. The van der Waals surface area contributed by atoms with Gasteiger partial charge in [-0.15, -0.1) is 0 Å². The highest BCUT2D eigenvalue weighted by atomic mass is 35.5. The fourth-order valence-corrected chi connectivity index (χ4v) is 3.87. The topological polar surface area (TPSA) is 32.8 Å². The van der Waals surface area contributed by atoms with E-state index in [2.05, 4.69) is 4.90 Å². The van der Waals surface area contributed by atoms with E-state index in [-0.39, 0.29) is 17.6 Å². The zero-order valence-corrected chi connectivity index (χ0v) is 17.1. The van der Waals surface area contributed by atoms with E-state index in [1.807, 2.05) is 31.3 Å². The van der Waals surface area contributed by atoms with Crippen LogP contribution in [0, 0.1) is 11.7 Å². The molecule has 4 nitrogen and oxygen atoms in total. The summed E-state index contributed by atoms with van der Waals surface area (Å²) in [5.41, 5.74) is 1.64. The number of benzene rings is 2. The number of methoxy groups -OCH3 is 1. The number of carbonyl (C=O) groups is 1. The molecule has 0 N–H and O–H groups in total. The number of para-hydroxylation sites is 1. The molecule has 2 aromatic carbocycles. The summed E-state index contributed by atoms with van der Waals surface area (Å²) in [6.07, 6.45) is 1.56. The van der Waals surface area contributed by atoms with E-state index < -0.39 is 0 Å². The molecular weight excluding hydrogens is 379 g/mol. The zero-order chi connectivity index (χ0) is 20.1. The molecule has 150 valence electrons. The normalized spacial score (nSPS) is 15.4. The van der Waals surface area contributed by atoms with Gasteiger partial charge in [-0.25, -0.2) is 4.39 Å². The van der Waals surface area contributed by atoms with Crippen LogP contribution in [0.2, 0.25) is 5.02 Å². The molecule has 1 amide bonds. The van der Waals surface area contributed by atoms with Gasteiger partial charge in [-0.1, -0.05) is 35.9 Å². The molecule has 28 heavy (non-hydrogen) atoms. The molecule has 0 spiro atoms. The van der Waals surface area contributed by atoms with Crippen molar-refractivity contribution >= 4 is 17.5 Å². The van der Waals surface area contributed by atoms with Crippen molar-refractivity contribution in [1.82, 2.24) is 9.80 Å². The van der Waals surface area contributed by atoms with Gasteiger partial charge in [0.1, 0.15) is 11.6 Å². The average molecular weight is 405 g/mol. The monoisotopic (exact) mass is 404 g/mol.